The van der Waals surface area contributed by atoms with Crippen LogP contribution in [0.5, 0.6) is 11.5 Å². The molecule has 0 heterocycles. The molecule has 0 saturated carbocycles. The molecule has 0 spiro atoms. The summed E-state index contributed by atoms with van der Waals surface area (Å²) in [5, 5.41) is 31.3. The molecule has 0 fully saturated rings. The summed E-state index contributed by atoms with van der Waals surface area (Å²) in [5.41, 5.74) is -1.14. The Morgan fingerprint density at radius 1 is 1.42 bits per heavy atom. The number of methoxy groups -OCH3 is 1. The second-order valence-corrected chi connectivity index (χ2v) is 4.62. The van der Waals surface area contributed by atoms with Gasteiger partial charge in [0.25, 0.3) is 5.91 Å². The average molecular weight is 269 g/mol. The van der Waals surface area contributed by atoms with E-state index in [-0.39, 0.29) is 23.6 Å². The monoisotopic (exact) mass is 269 g/mol. The minimum atomic E-state index is -1.10. The van der Waals surface area contributed by atoms with Crippen molar-refractivity contribution in [2.45, 2.75) is 18.9 Å². The summed E-state index contributed by atoms with van der Waals surface area (Å²) in [6, 6.07) is 3.67. The first-order chi connectivity index (χ1) is 8.85. The van der Waals surface area contributed by atoms with Crippen LogP contribution in [0.2, 0.25) is 0 Å². The molecular formula is C13H19NO5. The Bertz CT molecular complexity index is 445. The SMILES string of the molecule is COCCC(C)(O)CNC(=O)c1cc(O)ccc1O. The van der Waals surface area contributed by atoms with Gasteiger partial charge >= 0.3 is 0 Å². The Morgan fingerprint density at radius 2 is 2.11 bits per heavy atom. The lowest BCUT2D eigenvalue weighted by molar-refractivity contribution is 0.0243. The Morgan fingerprint density at radius 3 is 2.74 bits per heavy atom. The summed E-state index contributed by atoms with van der Waals surface area (Å²) >= 11 is 0. The van der Waals surface area contributed by atoms with Crippen LogP contribution in [0.1, 0.15) is 23.7 Å². The lowest BCUT2D eigenvalue weighted by Crippen LogP contribution is -2.41. The average Bonchev–Trinajstić information content (AvgIpc) is 2.36. The van der Waals surface area contributed by atoms with Crippen molar-refractivity contribution in [1.82, 2.24) is 5.32 Å². The summed E-state index contributed by atoms with van der Waals surface area (Å²) in [6.45, 7) is 1.97. The Labute approximate surface area is 111 Å². The standard InChI is InChI=1S/C13H19NO5/c1-13(18,5-6-19-2)8-14-12(17)10-7-9(15)3-4-11(10)16/h3-4,7,15-16,18H,5-6,8H2,1-2H3,(H,14,17). The van der Waals surface area contributed by atoms with Gasteiger partial charge in [0, 0.05) is 26.7 Å². The maximum Gasteiger partial charge on any atom is 0.255 e. The van der Waals surface area contributed by atoms with Gasteiger partial charge in [0.2, 0.25) is 0 Å². The predicted octanol–water partition coefficient (Wildman–Crippen LogP) is 0.615. The van der Waals surface area contributed by atoms with E-state index in [1.165, 1.54) is 19.2 Å². The van der Waals surface area contributed by atoms with Crippen molar-refractivity contribution >= 4 is 5.91 Å². The number of hydrogen-bond donors (Lipinski definition) is 4. The molecule has 1 unspecified atom stereocenters. The number of phenols is 2. The van der Waals surface area contributed by atoms with E-state index >= 15 is 0 Å². The summed E-state index contributed by atoms with van der Waals surface area (Å²) < 4.78 is 4.86. The number of aliphatic hydroxyl groups is 1. The third kappa shape index (κ3) is 4.76. The minimum Gasteiger partial charge on any atom is -0.508 e. The number of ether oxygens (including phenoxy) is 1. The summed E-state index contributed by atoms with van der Waals surface area (Å²) in [6.07, 6.45) is 0.371. The van der Waals surface area contributed by atoms with Crippen molar-refractivity contribution < 1.29 is 24.9 Å². The van der Waals surface area contributed by atoms with E-state index in [2.05, 4.69) is 5.32 Å². The molecule has 0 bridgehead atoms. The van der Waals surface area contributed by atoms with Gasteiger partial charge in [-0.2, -0.15) is 0 Å². The predicted molar refractivity (Wildman–Crippen MR) is 69.2 cm³/mol. The van der Waals surface area contributed by atoms with Gasteiger partial charge in [-0.15, -0.1) is 0 Å². The van der Waals surface area contributed by atoms with E-state index in [0.717, 1.165) is 6.07 Å². The fourth-order valence-electron chi connectivity index (χ4n) is 1.48. The van der Waals surface area contributed by atoms with Crippen LogP contribution in [0, 0.1) is 0 Å². The molecule has 1 amide bonds. The topological polar surface area (TPSA) is 99.0 Å². The fraction of sp³-hybridized carbons (Fsp3) is 0.462. The van der Waals surface area contributed by atoms with Gasteiger partial charge in [-0.3, -0.25) is 4.79 Å². The van der Waals surface area contributed by atoms with E-state index in [4.69, 9.17) is 4.74 Å². The normalized spacial score (nSPS) is 13.8. The number of hydrogen-bond acceptors (Lipinski definition) is 5. The largest absolute Gasteiger partial charge is 0.508 e. The van der Waals surface area contributed by atoms with E-state index in [1.54, 1.807) is 6.92 Å². The maximum atomic E-state index is 11.8. The van der Waals surface area contributed by atoms with Gasteiger partial charge in [-0.05, 0) is 25.1 Å². The molecule has 0 saturated heterocycles. The smallest absolute Gasteiger partial charge is 0.255 e. The van der Waals surface area contributed by atoms with Crippen LogP contribution in [-0.2, 0) is 4.74 Å². The molecular weight excluding hydrogens is 250 g/mol. The van der Waals surface area contributed by atoms with Crippen LogP contribution in [0.15, 0.2) is 18.2 Å². The first kappa shape index (κ1) is 15.3. The molecule has 106 valence electrons. The number of rotatable bonds is 6. The molecule has 6 heteroatoms. The first-order valence-corrected chi connectivity index (χ1v) is 5.87. The zero-order valence-electron chi connectivity index (χ0n) is 11.0. The number of phenolic OH excluding ortho intramolecular Hbond substituents is 2. The van der Waals surface area contributed by atoms with Crippen molar-refractivity contribution in [2.75, 3.05) is 20.3 Å². The fourth-order valence-corrected chi connectivity index (χ4v) is 1.48. The molecule has 0 aliphatic carbocycles. The van der Waals surface area contributed by atoms with Crippen molar-refractivity contribution in [3.8, 4) is 11.5 Å². The number of carbonyl (C=O) groups is 1. The minimum absolute atomic E-state index is 0.0181. The van der Waals surface area contributed by atoms with E-state index in [0.29, 0.717) is 13.0 Å². The zero-order valence-corrected chi connectivity index (χ0v) is 11.0. The highest BCUT2D eigenvalue weighted by Gasteiger charge is 2.22. The molecule has 4 N–H and O–H groups in total. The van der Waals surface area contributed by atoms with Gasteiger partial charge in [0.15, 0.2) is 0 Å². The molecule has 1 aromatic rings. The van der Waals surface area contributed by atoms with Crippen molar-refractivity contribution in [1.29, 1.82) is 0 Å². The lowest BCUT2D eigenvalue weighted by atomic mass is 10.0. The van der Waals surface area contributed by atoms with Gasteiger partial charge in [-0.25, -0.2) is 0 Å². The molecule has 6 nitrogen and oxygen atoms in total. The Balaban J connectivity index is 2.62. The van der Waals surface area contributed by atoms with Gasteiger partial charge in [-0.1, -0.05) is 0 Å². The first-order valence-electron chi connectivity index (χ1n) is 5.87. The molecule has 0 aliphatic heterocycles. The van der Waals surface area contributed by atoms with Crippen LogP contribution in [0.3, 0.4) is 0 Å². The molecule has 0 aliphatic rings. The van der Waals surface area contributed by atoms with Crippen LogP contribution in [0.25, 0.3) is 0 Å². The number of carbonyl (C=O) groups excluding carboxylic acids is 1. The quantitative estimate of drug-likeness (QED) is 0.567. The highest BCUT2D eigenvalue weighted by Crippen LogP contribution is 2.22. The van der Waals surface area contributed by atoms with Gasteiger partial charge in [0.1, 0.15) is 11.5 Å². The van der Waals surface area contributed by atoms with Gasteiger partial charge in [0.05, 0.1) is 11.2 Å². The van der Waals surface area contributed by atoms with Gasteiger partial charge < -0.3 is 25.4 Å². The number of aromatic hydroxyl groups is 2. The summed E-state index contributed by atoms with van der Waals surface area (Å²) in [4.78, 5) is 11.8. The van der Waals surface area contributed by atoms with E-state index in [9.17, 15) is 20.1 Å². The summed E-state index contributed by atoms with van der Waals surface area (Å²) in [5.74, 6) is -0.910. The number of benzene rings is 1. The third-order valence-electron chi connectivity index (χ3n) is 2.70. The molecule has 0 radical (unpaired) electrons. The molecule has 1 aromatic carbocycles. The van der Waals surface area contributed by atoms with Crippen LogP contribution >= 0.6 is 0 Å². The van der Waals surface area contributed by atoms with Crippen LogP contribution in [0.4, 0.5) is 0 Å². The maximum absolute atomic E-state index is 11.8. The second-order valence-electron chi connectivity index (χ2n) is 4.62. The van der Waals surface area contributed by atoms with E-state index < -0.39 is 11.5 Å². The molecule has 0 aromatic heterocycles. The highest BCUT2D eigenvalue weighted by molar-refractivity contribution is 5.97. The van der Waals surface area contributed by atoms with Crippen LogP contribution in [-0.4, -0.2) is 47.1 Å². The third-order valence-corrected chi connectivity index (χ3v) is 2.70. The van der Waals surface area contributed by atoms with Crippen molar-refractivity contribution in [3.05, 3.63) is 23.8 Å². The summed E-state index contributed by atoms with van der Waals surface area (Å²) in [7, 11) is 1.53. The Hall–Kier alpha value is -1.79. The second kappa shape index (κ2) is 6.40. The number of amides is 1. The van der Waals surface area contributed by atoms with E-state index in [1.807, 2.05) is 0 Å². The van der Waals surface area contributed by atoms with Crippen molar-refractivity contribution in [3.63, 3.8) is 0 Å². The van der Waals surface area contributed by atoms with Crippen LogP contribution < -0.4 is 5.32 Å². The van der Waals surface area contributed by atoms with Crippen molar-refractivity contribution in [2.24, 2.45) is 0 Å². The molecule has 1 rings (SSSR count). The Kier molecular flexibility index (Phi) is 5.14. The molecule has 19 heavy (non-hydrogen) atoms. The lowest BCUT2D eigenvalue weighted by Gasteiger charge is -2.23. The number of nitrogens with one attached hydrogen (secondary N) is 1. The highest BCUT2D eigenvalue weighted by atomic mass is 16.5. The zero-order chi connectivity index (χ0) is 14.5. The molecule has 1 atom stereocenters.